The molecule has 1 aliphatic heterocycles. The number of carbonyl (C=O) groups excluding carboxylic acids is 2. The second kappa shape index (κ2) is 9.20. The van der Waals surface area contributed by atoms with Crippen molar-refractivity contribution in [2.45, 2.75) is 12.8 Å². The van der Waals surface area contributed by atoms with Crippen LogP contribution in [0.3, 0.4) is 0 Å². The van der Waals surface area contributed by atoms with Gasteiger partial charge in [-0.25, -0.2) is 9.97 Å². The number of esters is 1. The Labute approximate surface area is 211 Å². The van der Waals surface area contributed by atoms with E-state index in [1.54, 1.807) is 23.7 Å². The van der Waals surface area contributed by atoms with Gasteiger partial charge in [-0.2, -0.15) is 0 Å². The SMILES string of the molecule is COC(=O)C1CCN(C(=O)c2cc(-c3ccco3)nc3ccc(-c4ccc5scnc5c4)cc23)CC1. The highest BCUT2D eigenvalue weighted by Gasteiger charge is 2.29. The van der Waals surface area contributed by atoms with Crippen molar-refractivity contribution in [1.29, 1.82) is 0 Å². The lowest BCUT2D eigenvalue weighted by atomic mass is 9.95. The number of benzene rings is 2. The first-order chi connectivity index (χ1) is 17.6. The first kappa shape index (κ1) is 22.4. The summed E-state index contributed by atoms with van der Waals surface area (Å²) < 4.78 is 11.6. The number of hydrogen-bond acceptors (Lipinski definition) is 7. The summed E-state index contributed by atoms with van der Waals surface area (Å²) in [5, 5.41) is 0.779. The molecule has 0 spiro atoms. The van der Waals surface area contributed by atoms with Gasteiger partial charge in [0.1, 0.15) is 5.69 Å². The minimum Gasteiger partial charge on any atom is -0.469 e. The largest absolute Gasteiger partial charge is 0.469 e. The molecule has 1 saturated heterocycles. The lowest BCUT2D eigenvalue weighted by Gasteiger charge is -2.31. The van der Waals surface area contributed by atoms with E-state index < -0.39 is 0 Å². The fourth-order valence-electron chi connectivity index (χ4n) is 4.83. The third-order valence-corrected chi connectivity index (χ3v) is 7.60. The molecule has 2 aromatic carbocycles. The van der Waals surface area contributed by atoms with Gasteiger partial charge in [0.05, 0.1) is 46.1 Å². The van der Waals surface area contributed by atoms with Crippen LogP contribution >= 0.6 is 11.3 Å². The van der Waals surface area contributed by atoms with E-state index in [0.717, 1.165) is 32.2 Å². The minimum atomic E-state index is -0.210. The smallest absolute Gasteiger partial charge is 0.308 e. The van der Waals surface area contributed by atoms with E-state index in [1.165, 1.54) is 7.11 Å². The van der Waals surface area contributed by atoms with E-state index in [1.807, 2.05) is 40.7 Å². The number of piperidine rings is 1. The quantitative estimate of drug-likeness (QED) is 0.292. The molecule has 1 aliphatic rings. The maximum absolute atomic E-state index is 13.8. The van der Waals surface area contributed by atoms with Crippen LogP contribution in [0.1, 0.15) is 23.2 Å². The van der Waals surface area contributed by atoms with Gasteiger partial charge in [0.2, 0.25) is 0 Å². The molecule has 3 aromatic heterocycles. The standard InChI is InChI=1S/C28H23N3O4S/c1-34-28(33)17-8-10-31(11-9-17)27(32)21-15-23(25-3-2-12-35-25)30-22-6-4-18(13-20(21)22)19-5-7-26-24(14-19)29-16-36-26/h2-7,12-17H,8-11H2,1H3. The van der Waals surface area contributed by atoms with E-state index in [2.05, 4.69) is 23.2 Å². The second-order valence-corrected chi connectivity index (χ2v) is 9.78. The number of likely N-dealkylation sites (tertiary alicyclic amines) is 1. The van der Waals surface area contributed by atoms with Crippen molar-refractivity contribution in [2.75, 3.05) is 20.2 Å². The van der Waals surface area contributed by atoms with E-state index in [0.29, 0.717) is 42.9 Å². The minimum absolute atomic E-state index is 0.0781. The normalized spacial score (nSPS) is 14.4. The maximum atomic E-state index is 13.8. The molecule has 5 aromatic rings. The monoisotopic (exact) mass is 497 g/mol. The van der Waals surface area contributed by atoms with Crippen LogP contribution in [-0.2, 0) is 9.53 Å². The lowest BCUT2D eigenvalue weighted by Crippen LogP contribution is -2.40. The van der Waals surface area contributed by atoms with Gasteiger partial charge in [0, 0.05) is 18.5 Å². The van der Waals surface area contributed by atoms with Crippen LogP contribution in [0.5, 0.6) is 0 Å². The number of carbonyl (C=O) groups is 2. The van der Waals surface area contributed by atoms with Crippen molar-refractivity contribution in [3.05, 3.63) is 71.9 Å². The summed E-state index contributed by atoms with van der Waals surface area (Å²) in [6.45, 7) is 0.997. The molecule has 8 heteroatoms. The third-order valence-electron chi connectivity index (χ3n) is 6.79. The number of rotatable bonds is 4. The molecule has 0 saturated carbocycles. The molecule has 1 amide bonds. The number of fused-ring (bicyclic) bond motifs is 2. The summed E-state index contributed by atoms with van der Waals surface area (Å²) in [5.74, 6) is 0.150. The van der Waals surface area contributed by atoms with Gasteiger partial charge in [-0.05, 0) is 66.4 Å². The Morgan fingerprint density at radius 2 is 1.83 bits per heavy atom. The zero-order valence-electron chi connectivity index (χ0n) is 19.6. The van der Waals surface area contributed by atoms with Crippen LogP contribution in [0.2, 0.25) is 0 Å². The van der Waals surface area contributed by atoms with Gasteiger partial charge in [-0.15, -0.1) is 11.3 Å². The number of hydrogen-bond donors (Lipinski definition) is 0. The summed E-state index contributed by atoms with van der Waals surface area (Å²) in [6, 6.07) is 17.7. The number of ether oxygens (including phenoxy) is 1. The van der Waals surface area contributed by atoms with Crippen molar-refractivity contribution in [2.24, 2.45) is 5.92 Å². The number of nitrogens with zero attached hydrogens (tertiary/aromatic N) is 3. The predicted octanol–water partition coefficient (Wildman–Crippen LogP) is 5.80. The molecule has 0 unspecified atom stereocenters. The zero-order chi connectivity index (χ0) is 24.6. The van der Waals surface area contributed by atoms with Crippen LogP contribution in [0.4, 0.5) is 0 Å². The summed E-state index contributed by atoms with van der Waals surface area (Å²) in [5.41, 5.74) is 6.71. The Morgan fingerprint density at radius 3 is 2.61 bits per heavy atom. The van der Waals surface area contributed by atoms with Gasteiger partial charge in [0.15, 0.2) is 5.76 Å². The Bertz CT molecular complexity index is 1580. The first-order valence-electron chi connectivity index (χ1n) is 11.8. The van der Waals surface area contributed by atoms with Crippen LogP contribution in [0.15, 0.2) is 70.8 Å². The molecule has 4 heterocycles. The predicted molar refractivity (Wildman–Crippen MR) is 139 cm³/mol. The average Bonchev–Trinajstić information content (AvgIpc) is 3.63. The Kier molecular flexibility index (Phi) is 5.73. The summed E-state index contributed by atoms with van der Waals surface area (Å²) in [4.78, 5) is 36.8. The molecule has 0 radical (unpaired) electrons. The molecule has 0 bridgehead atoms. The van der Waals surface area contributed by atoms with Crippen LogP contribution in [-0.4, -0.2) is 46.9 Å². The number of pyridine rings is 1. The number of amides is 1. The molecule has 180 valence electrons. The molecule has 0 aliphatic carbocycles. The molecule has 1 fully saturated rings. The van der Waals surface area contributed by atoms with Crippen LogP contribution in [0.25, 0.3) is 43.7 Å². The highest BCUT2D eigenvalue weighted by Crippen LogP contribution is 2.32. The van der Waals surface area contributed by atoms with Crippen molar-refractivity contribution in [1.82, 2.24) is 14.9 Å². The van der Waals surface area contributed by atoms with Crippen LogP contribution < -0.4 is 0 Å². The van der Waals surface area contributed by atoms with Crippen molar-refractivity contribution < 1.29 is 18.7 Å². The number of thiazole rings is 1. The van der Waals surface area contributed by atoms with Gasteiger partial charge in [-0.3, -0.25) is 9.59 Å². The molecular weight excluding hydrogens is 474 g/mol. The van der Waals surface area contributed by atoms with Gasteiger partial charge >= 0.3 is 5.97 Å². The highest BCUT2D eigenvalue weighted by molar-refractivity contribution is 7.16. The first-order valence-corrected chi connectivity index (χ1v) is 12.7. The van der Waals surface area contributed by atoms with Gasteiger partial charge in [-0.1, -0.05) is 12.1 Å². The highest BCUT2D eigenvalue weighted by atomic mass is 32.1. The fourth-order valence-corrected chi connectivity index (χ4v) is 5.48. The van der Waals surface area contributed by atoms with E-state index in [-0.39, 0.29) is 17.8 Å². The van der Waals surface area contributed by atoms with Gasteiger partial charge < -0.3 is 14.1 Å². The average molecular weight is 498 g/mol. The molecule has 0 N–H and O–H groups in total. The maximum Gasteiger partial charge on any atom is 0.308 e. The fraction of sp³-hybridized carbons (Fsp3) is 0.214. The molecule has 6 rings (SSSR count). The van der Waals surface area contributed by atoms with Crippen molar-refractivity contribution >= 4 is 44.3 Å². The Balaban J connectivity index is 1.42. The molecular formula is C28H23N3O4S. The van der Waals surface area contributed by atoms with Gasteiger partial charge in [0.25, 0.3) is 5.91 Å². The summed E-state index contributed by atoms with van der Waals surface area (Å²) in [6.07, 6.45) is 2.77. The number of furan rings is 1. The molecule has 7 nitrogen and oxygen atoms in total. The van der Waals surface area contributed by atoms with E-state index in [4.69, 9.17) is 14.1 Å². The topological polar surface area (TPSA) is 85.5 Å². The molecule has 36 heavy (non-hydrogen) atoms. The number of methoxy groups -OCH3 is 1. The lowest BCUT2D eigenvalue weighted by molar-refractivity contribution is -0.146. The molecule has 0 atom stereocenters. The third kappa shape index (κ3) is 4.03. The van der Waals surface area contributed by atoms with E-state index in [9.17, 15) is 9.59 Å². The van der Waals surface area contributed by atoms with E-state index >= 15 is 0 Å². The summed E-state index contributed by atoms with van der Waals surface area (Å²) >= 11 is 1.61. The van der Waals surface area contributed by atoms with Crippen LogP contribution in [0, 0.1) is 5.92 Å². The Morgan fingerprint density at radius 1 is 1.03 bits per heavy atom. The van der Waals surface area contributed by atoms with Crippen molar-refractivity contribution in [3.63, 3.8) is 0 Å². The van der Waals surface area contributed by atoms with Crippen molar-refractivity contribution in [3.8, 4) is 22.6 Å². The second-order valence-electron chi connectivity index (χ2n) is 8.89. The zero-order valence-corrected chi connectivity index (χ0v) is 20.5. The Hall–Kier alpha value is -4.04. The summed E-state index contributed by atoms with van der Waals surface area (Å²) in [7, 11) is 1.41. The number of aromatic nitrogens is 2.